The maximum absolute atomic E-state index is 8.12. The van der Waals surface area contributed by atoms with Crippen molar-refractivity contribution >= 4 is 0 Å². The van der Waals surface area contributed by atoms with Crippen molar-refractivity contribution in [1.82, 2.24) is 16.0 Å². The highest BCUT2D eigenvalue weighted by atomic mass is 15.1. The van der Waals surface area contributed by atoms with Crippen LogP contribution >= 0.6 is 0 Å². The molecule has 0 aliphatic carbocycles. The van der Waals surface area contributed by atoms with Gasteiger partial charge in [-0.1, -0.05) is 0 Å². The number of hydrogen-bond acceptors (Lipinski definition) is 4. The maximum atomic E-state index is 8.12. The van der Waals surface area contributed by atoms with E-state index in [1.807, 2.05) is 20.3 Å². The van der Waals surface area contributed by atoms with Crippen LogP contribution in [0.3, 0.4) is 0 Å². The normalized spacial score (nSPS) is 9.40. The largest absolute Gasteiger partial charge is 0.324 e. The Bertz CT molecular complexity index is 103. The summed E-state index contributed by atoms with van der Waals surface area (Å²) in [7, 11) is 3.76. The van der Waals surface area contributed by atoms with Gasteiger partial charge in [0.2, 0.25) is 0 Å². The first-order chi connectivity index (χ1) is 4.85. The molecule has 4 heteroatoms. The van der Waals surface area contributed by atoms with Gasteiger partial charge >= 0.3 is 0 Å². The summed E-state index contributed by atoms with van der Waals surface area (Å²) < 4.78 is 0. The molecule has 0 bridgehead atoms. The van der Waals surface area contributed by atoms with Crippen LogP contribution in [-0.2, 0) is 0 Å². The Labute approximate surface area is 61.6 Å². The van der Waals surface area contributed by atoms with E-state index in [1.165, 1.54) is 0 Å². The zero-order valence-electron chi connectivity index (χ0n) is 6.44. The highest BCUT2D eigenvalue weighted by Gasteiger charge is 1.98. The summed E-state index contributed by atoms with van der Waals surface area (Å²) in [6.07, 6.45) is 3.06. The molecule has 0 aromatic rings. The van der Waals surface area contributed by atoms with E-state index >= 15 is 0 Å². The Kier molecular flexibility index (Phi) is 5.83. The second kappa shape index (κ2) is 6.33. The van der Waals surface area contributed by atoms with Gasteiger partial charge in [-0.25, -0.2) is 0 Å². The molecule has 0 aliphatic rings. The lowest BCUT2D eigenvalue weighted by Gasteiger charge is -2.13. The topological polar surface area (TPSA) is 59.9 Å². The van der Waals surface area contributed by atoms with Crippen molar-refractivity contribution in [2.24, 2.45) is 0 Å². The van der Waals surface area contributed by atoms with E-state index in [1.54, 1.807) is 0 Å². The summed E-state index contributed by atoms with van der Waals surface area (Å²) in [6.45, 7) is 0.711. The predicted molar refractivity (Wildman–Crippen MR) is 40.1 cm³/mol. The molecule has 58 valence electrons. The molecule has 3 N–H and O–H groups in total. The maximum Gasteiger partial charge on any atom is 0.176 e. The highest BCUT2D eigenvalue weighted by molar-refractivity contribution is 4.68. The van der Waals surface area contributed by atoms with E-state index in [2.05, 4.69) is 16.0 Å². The molecule has 0 unspecified atom stereocenters. The van der Waals surface area contributed by atoms with Gasteiger partial charge in [0.25, 0.3) is 0 Å². The SMILES string of the molecule is CNC(CCNC#N)NC. The minimum absolute atomic E-state index is 0.292. The number of nitriles is 1. The third kappa shape index (κ3) is 4.13. The molecule has 0 rings (SSSR count). The Morgan fingerprint density at radius 1 is 1.40 bits per heavy atom. The van der Waals surface area contributed by atoms with Crippen LogP contribution in [0.25, 0.3) is 0 Å². The average Bonchev–Trinajstić information content (AvgIpc) is 1.99. The molecule has 0 amide bonds. The molecule has 0 aromatic heterocycles. The first kappa shape index (κ1) is 9.21. The molecule has 0 aromatic carbocycles. The lowest BCUT2D eigenvalue weighted by Crippen LogP contribution is -2.39. The molecule has 0 radical (unpaired) electrons. The van der Waals surface area contributed by atoms with Crippen LogP contribution in [0.2, 0.25) is 0 Å². The van der Waals surface area contributed by atoms with Crippen molar-refractivity contribution in [2.75, 3.05) is 20.6 Å². The van der Waals surface area contributed by atoms with E-state index < -0.39 is 0 Å². The predicted octanol–water partition coefficient (Wildman–Crippen LogP) is -0.788. The number of nitrogens with one attached hydrogen (secondary N) is 3. The summed E-state index contributed by atoms with van der Waals surface area (Å²) >= 11 is 0. The van der Waals surface area contributed by atoms with Gasteiger partial charge in [-0.05, 0) is 20.5 Å². The molecule has 0 atom stereocenters. The van der Waals surface area contributed by atoms with Crippen molar-refractivity contribution in [3.63, 3.8) is 0 Å². The fourth-order valence-electron chi connectivity index (χ4n) is 0.705. The van der Waals surface area contributed by atoms with E-state index in [-0.39, 0.29) is 0 Å². The number of hydrogen-bond donors (Lipinski definition) is 3. The van der Waals surface area contributed by atoms with Gasteiger partial charge in [-0.15, -0.1) is 0 Å². The summed E-state index contributed by atoms with van der Waals surface area (Å²) in [6, 6.07) is 0. The minimum Gasteiger partial charge on any atom is -0.324 e. The first-order valence-corrected chi connectivity index (χ1v) is 3.31. The molecule has 0 spiro atoms. The van der Waals surface area contributed by atoms with Crippen LogP contribution in [0.1, 0.15) is 6.42 Å². The lowest BCUT2D eigenvalue weighted by molar-refractivity contribution is 0.460. The second-order valence-corrected chi connectivity index (χ2v) is 1.96. The number of nitrogens with zero attached hydrogens (tertiary/aromatic N) is 1. The van der Waals surface area contributed by atoms with Crippen molar-refractivity contribution < 1.29 is 0 Å². The van der Waals surface area contributed by atoms with E-state index in [4.69, 9.17) is 5.26 Å². The molecular formula is C6H14N4. The monoisotopic (exact) mass is 142 g/mol. The summed E-state index contributed by atoms with van der Waals surface area (Å²) in [5, 5.41) is 16.8. The quantitative estimate of drug-likeness (QED) is 0.204. The van der Waals surface area contributed by atoms with Crippen LogP contribution in [0, 0.1) is 11.5 Å². The number of rotatable bonds is 5. The van der Waals surface area contributed by atoms with Crippen molar-refractivity contribution in [3.05, 3.63) is 0 Å². The van der Waals surface area contributed by atoms with Gasteiger partial charge in [-0.3, -0.25) is 0 Å². The fraction of sp³-hybridized carbons (Fsp3) is 0.833. The zero-order valence-corrected chi connectivity index (χ0v) is 6.44. The van der Waals surface area contributed by atoms with E-state index in [0.29, 0.717) is 12.7 Å². The molecule has 0 aliphatic heterocycles. The molecule has 0 saturated heterocycles. The Morgan fingerprint density at radius 3 is 2.40 bits per heavy atom. The van der Waals surface area contributed by atoms with Gasteiger partial charge in [0.05, 0.1) is 6.17 Å². The fourth-order valence-corrected chi connectivity index (χ4v) is 0.705. The average molecular weight is 142 g/mol. The molecular weight excluding hydrogens is 128 g/mol. The lowest BCUT2D eigenvalue weighted by atomic mass is 10.3. The van der Waals surface area contributed by atoms with Crippen LogP contribution in [0.5, 0.6) is 0 Å². The Balaban J connectivity index is 3.19. The van der Waals surface area contributed by atoms with Crippen molar-refractivity contribution in [1.29, 1.82) is 5.26 Å². The standard InChI is InChI=1S/C6H14N4/c1-8-6(9-2)3-4-10-5-7/h6,8-10H,3-4H2,1-2H3. The minimum atomic E-state index is 0.292. The van der Waals surface area contributed by atoms with E-state index in [9.17, 15) is 0 Å². The van der Waals surface area contributed by atoms with Crippen LogP contribution in [0.4, 0.5) is 0 Å². The van der Waals surface area contributed by atoms with Gasteiger partial charge in [-0.2, -0.15) is 5.26 Å². The third-order valence-electron chi connectivity index (χ3n) is 1.33. The van der Waals surface area contributed by atoms with Gasteiger partial charge in [0.1, 0.15) is 0 Å². The summed E-state index contributed by atoms with van der Waals surface area (Å²) in [5.74, 6) is 0. The van der Waals surface area contributed by atoms with Gasteiger partial charge in [0.15, 0.2) is 6.19 Å². The first-order valence-electron chi connectivity index (χ1n) is 3.31. The zero-order chi connectivity index (χ0) is 7.82. The van der Waals surface area contributed by atoms with Crippen molar-refractivity contribution in [3.8, 4) is 6.19 Å². The van der Waals surface area contributed by atoms with Gasteiger partial charge < -0.3 is 16.0 Å². The smallest absolute Gasteiger partial charge is 0.176 e. The third-order valence-corrected chi connectivity index (χ3v) is 1.33. The van der Waals surface area contributed by atoms with Crippen LogP contribution in [-0.4, -0.2) is 26.8 Å². The Morgan fingerprint density at radius 2 is 2.00 bits per heavy atom. The molecule has 10 heavy (non-hydrogen) atoms. The molecule has 0 heterocycles. The summed E-state index contributed by atoms with van der Waals surface area (Å²) in [4.78, 5) is 0. The van der Waals surface area contributed by atoms with Crippen molar-refractivity contribution in [2.45, 2.75) is 12.6 Å². The van der Waals surface area contributed by atoms with Gasteiger partial charge in [0, 0.05) is 6.54 Å². The van der Waals surface area contributed by atoms with E-state index in [0.717, 1.165) is 6.42 Å². The molecule has 0 saturated carbocycles. The molecule has 4 nitrogen and oxygen atoms in total. The summed E-state index contributed by atoms with van der Waals surface area (Å²) in [5.41, 5.74) is 0. The second-order valence-electron chi connectivity index (χ2n) is 1.96. The van der Waals surface area contributed by atoms with Crippen LogP contribution < -0.4 is 16.0 Å². The Hall–Kier alpha value is -0.790. The highest BCUT2D eigenvalue weighted by Crippen LogP contribution is 1.81. The molecule has 0 fully saturated rings. The van der Waals surface area contributed by atoms with Crippen LogP contribution in [0.15, 0.2) is 0 Å².